The van der Waals surface area contributed by atoms with Crippen molar-refractivity contribution in [3.8, 4) is 0 Å². The third-order valence-corrected chi connectivity index (χ3v) is 4.87. The lowest BCUT2D eigenvalue weighted by molar-refractivity contribution is -0.122. The van der Waals surface area contributed by atoms with E-state index in [-0.39, 0.29) is 17.4 Å². The second kappa shape index (κ2) is 5.21. The van der Waals surface area contributed by atoms with Crippen molar-refractivity contribution >= 4 is 5.91 Å². The van der Waals surface area contributed by atoms with Crippen molar-refractivity contribution in [1.82, 2.24) is 5.32 Å². The van der Waals surface area contributed by atoms with Crippen molar-refractivity contribution in [3.05, 3.63) is 35.4 Å². The third-order valence-electron chi connectivity index (χ3n) is 4.87. The summed E-state index contributed by atoms with van der Waals surface area (Å²) in [6.45, 7) is 1.98. The Hall–Kier alpha value is -1.35. The first-order valence-corrected chi connectivity index (χ1v) is 7.78. The van der Waals surface area contributed by atoms with Gasteiger partial charge in [-0.25, -0.2) is 0 Å². The molecule has 2 aliphatic rings. The van der Waals surface area contributed by atoms with Gasteiger partial charge in [0.2, 0.25) is 5.91 Å². The van der Waals surface area contributed by atoms with Gasteiger partial charge in [-0.15, -0.1) is 0 Å². The van der Waals surface area contributed by atoms with E-state index in [9.17, 15) is 4.79 Å². The summed E-state index contributed by atoms with van der Waals surface area (Å²) in [5.74, 6) is 0.0658. The van der Waals surface area contributed by atoms with Crippen molar-refractivity contribution in [1.29, 1.82) is 0 Å². The second-order valence-electron chi connectivity index (χ2n) is 6.49. The van der Waals surface area contributed by atoms with Gasteiger partial charge in [-0.05, 0) is 43.7 Å². The summed E-state index contributed by atoms with van der Waals surface area (Å²) in [5, 5.41) is 3.17. The number of rotatable bonds is 4. The molecule has 3 heteroatoms. The molecule has 2 fully saturated rings. The zero-order valence-electron chi connectivity index (χ0n) is 12.2. The van der Waals surface area contributed by atoms with Crippen LogP contribution in [0.1, 0.15) is 62.5 Å². The molecule has 3 rings (SSSR count). The van der Waals surface area contributed by atoms with E-state index in [0.29, 0.717) is 6.04 Å². The smallest absolute Gasteiger partial charge is 0.227 e. The van der Waals surface area contributed by atoms with Gasteiger partial charge in [-0.2, -0.15) is 0 Å². The van der Waals surface area contributed by atoms with Crippen molar-refractivity contribution < 1.29 is 4.79 Å². The minimum atomic E-state index is -0.0894. The molecule has 1 aromatic rings. The Kier molecular flexibility index (Phi) is 3.55. The summed E-state index contributed by atoms with van der Waals surface area (Å²) < 4.78 is 0. The van der Waals surface area contributed by atoms with E-state index < -0.39 is 0 Å². The molecule has 1 atom stereocenters. The molecule has 0 bridgehead atoms. The number of nitrogens with two attached hydrogens (primary N) is 1. The Balaban J connectivity index is 1.63. The highest BCUT2D eigenvalue weighted by Crippen LogP contribution is 2.42. The van der Waals surface area contributed by atoms with E-state index in [2.05, 4.69) is 29.6 Å². The minimum absolute atomic E-state index is 0.0856. The highest BCUT2D eigenvalue weighted by atomic mass is 16.1. The van der Waals surface area contributed by atoms with E-state index in [4.69, 9.17) is 5.73 Å². The second-order valence-corrected chi connectivity index (χ2v) is 6.49. The zero-order chi connectivity index (χ0) is 14.2. The topological polar surface area (TPSA) is 55.1 Å². The van der Waals surface area contributed by atoms with Crippen LogP contribution in [-0.2, 0) is 10.3 Å². The molecule has 1 amide bonds. The molecule has 0 radical (unpaired) electrons. The van der Waals surface area contributed by atoms with Gasteiger partial charge >= 0.3 is 0 Å². The molecular weight excluding hydrogens is 248 g/mol. The predicted octanol–water partition coefficient (Wildman–Crippen LogP) is 2.80. The van der Waals surface area contributed by atoms with Crippen LogP contribution >= 0.6 is 0 Å². The maximum absolute atomic E-state index is 12.3. The summed E-state index contributed by atoms with van der Waals surface area (Å²) >= 11 is 0. The molecule has 3 nitrogen and oxygen atoms in total. The van der Waals surface area contributed by atoms with Gasteiger partial charge in [0.25, 0.3) is 0 Å². The van der Waals surface area contributed by atoms with Gasteiger partial charge in [-0.3, -0.25) is 4.79 Å². The standard InChI is InChI=1S/C17H24N2O/c1-12(16(20)19-15-4-2-3-5-15)13-6-8-14(9-7-13)17(18)10-11-17/h6-9,12,15H,2-5,10-11,18H2,1H3,(H,19,20). The first-order valence-electron chi connectivity index (χ1n) is 7.78. The summed E-state index contributed by atoms with van der Waals surface area (Å²) in [6, 6.07) is 8.68. The normalized spacial score (nSPS) is 22.5. The first-order chi connectivity index (χ1) is 9.58. The van der Waals surface area contributed by atoms with Crippen molar-refractivity contribution in [3.63, 3.8) is 0 Å². The number of carbonyl (C=O) groups is 1. The molecule has 1 aromatic carbocycles. The quantitative estimate of drug-likeness (QED) is 0.885. The number of benzene rings is 1. The number of amides is 1. The molecule has 0 saturated heterocycles. The van der Waals surface area contributed by atoms with Crippen molar-refractivity contribution in [2.75, 3.05) is 0 Å². The Morgan fingerprint density at radius 2 is 1.85 bits per heavy atom. The van der Waals surface area contributed by atoms with Gasteiger partial charge in [0, 0.05) is 11.6 Å². The van der Waals surface area contributed by atoms with Crippen LogP contribution in [-0.4, -0.2) is 11.9 Å². The Morgan fingerprint density at radius 1 is 1.25 bits per heavy atom. The largest absolute Gasteiger partial charge is 0.353 e. The summed E-state index contributed by atoms with van der Waals surface area (Å²) in [7, 11) is 0. The summed E-state index contributed by atoms with van der Waals surface area (Å²) in [4.78, 5) is 12.3. The van der Waals surface area contributed by atoms with E-state index >= 15 is 0 Å². The third kappa shape index (κ3) is 2.73. The Labute approximate surface area is 120 Å². The van der Waals surface area contributed by atoms with Crippen LogP contribution in [0.2, 0.25) is 0 Å². The fourth-order valence-corrected chi connectivity index (χ4v) is 3.07. The molecule has 20 heavy (non-hydrogen) atoms. The van der Waals surface area contributed by atoms with Gasteiger partial charge in [0.1, 0.15) is 0 Å². The molecule has 0 aromatic heterocycles. The van der Waals surface area contributed by atoms with E-state index in [0.717, 1.165) is 31.2 Å². The van der Waals surface area contributed by atoms with Crippen molar-refractivity contribution in [2.24, 2.45) is 5.73 Å². The van der Waals surface area contributed by atoms with Gasteiger partial charge in [0.05, 0.1) is 5.92 Å². The molecule has 0 aliphatic heterocycles. The van der Waals surface area contributed by atoms with Gasteiger partial charge in [0.15, 0.2) is 0 Å². The van der Waals surface area contributed by atoms with Gasteiger partial charge in [-0.1, -0.05) is 37.1 Å². The fraction of sp³-hybridized carbons (Fsp3) is 0.588. The van der Waals surface area contributed by atoms with Crippen LogP contribution in [0.4, 0.5) is 0 Å². The monoisotopic (exact) mass is 272 g/mol. The number of nitrogens with one attached hydrogen (secondary N) is 1. The molecule has 2 saturated carbocycles. The lowest BCUT2D eigenvalue weighted by atomic mass is 9.96. The molecule has 1 unspecified atom stereocenters. The predicted molar refractivity (Wildman–Crippen MR) is 80.4 cm³/mol. The van der Waals surface area contributed by atoms with Crippen LogP contribution in [0.5, 0.6) is 0 Å². The van der Waals surface area contributed by atoms with E-state index in [1.165, 1.54) is 18.4 Å². The summed E-state index contributed by atoms with van der Waals surface area (Å²) in [6.07, 6.45) is 6.90. The Morgan fingerprint density at radius 3 is 2.40 bits per heavy atom. The average molecular weight is 272 g/mol. The average Bonchev–Trinajstić information content (AvgIpc) is 3.01. The molecule has 108 valence electrons. The molecule has 0 heterocycles. The molecule has 2 aliphatic carbocycles. The molecule has 0 spiro atoms. The van der Waals surface area contributed by atoms with Crippen LogP contribution < -0.4 is 11.1 Å². The summed E-state index contributed by atoms with van der Waals surface area (Å²) in [5.41, 5.74) is 8.37. The van der Waals surface area contributed by atoms with Crippen LogP contribution in [0.25, 0.3) is 0 Å². The zero-order valence-corrected chi connectivity index (χ0v) is 12.2. The SMILES string of the molecule is CC(C(=O)NC1CCCC1)c1ccc(C2(N)CC2)cc1. The van der Waals surface area contributed by atoms with E-state index in [1.54, 1.807) is 0 Å². The highest BCUT2D eigenvalue weighted by molar-refractivity contribution is 5.83. The van der Waals surface area contributed by atoms with Crippen LogP contribution in [0.15, 0.2) is 24.3 Å². The molecule has 3 N–H and O–H groups in total. The van der Waals surface area contributed by atoms with Crippen LogP contribution in [0.3, 0.4) is 0 Å². The lowest BCUT2D eigenvalue weighted by Gasteiger charge is -2.18. The lowest BCUT2D eigenvalue weighted by Crippen LogP contribution is -2.35. The maximum Gasteiger partial charge on any atom is 0.227 e. The first kappa shape index (κ1) is 13.6. The van der Waals surface area contributed by atoms with Gasteiger partial charge < -0.3 is 11.1 Å². The minimum Gasteiger partial charge on any atom is -0.353 e. The van der Waals surface area contributed by atoms with Crippen LogP contribution in [0, 0.1) is 0 Å². The molecular formula is C17H24N2O. The number of carbonyl (C=O) groups excluding carboxylic acids is 1. The maximum atomic E-state index is 12.3. The fourth-order valence-electron chi connectivity index (χ4n) is 3.07. The van der Waals surface area contributed by atoms with E-state index in [1.807, 2.05) is 6.92 Å². The van der Waals surface area contributed by atoms with Crippen molar-refractivity contribution in [2.45, 2.75) is 62.9 Å². The number of hydrogen-bond acceptors (Lipinski definition) is 2. The highest BCUT2D eigenvalue weighted by Gasteiger charge is 2.39. The number of hydrogen-bond donors (Lipinski definition) is 2. The Bertz CT molecular complexity index is 484.